The lowest BCUT2D eigenvalue weighted by Gasteiger charge is -2.19. The van der Waals surface area contributed by atoms with Gasteiger partial charge < -0.3 is 5.32 Å². The Labute approximate surface area is 156 Å². The maximum Gasteiger partial charge on any atom is 0.240 e. The molecule has 0 heterocycles. The van der Waals surface area contributed by atoms with Gasteiger partial charge in [-0.1, -0.05) is 30.3 Å². The molecule has 1 amide bonds. The summed E-state index contributed by atoms with van der Waals surface area (Å²) >= 11 is 0. The fourth-order valence-corrected chi connectivity index (χ4v) is 3.88. The van der Waals surface area contributed by atoms with Crippen LogP contribution in [0.15, 0.2) is 53.4 Å². The third-order valence-corrected chi connectivity index (χ3v) is 5.87. The summed E-state index contributed by atoms with van der Waals surface area (Å²) in [7, 11) is -4.02. The first-order valence-electron chi connectivity index (χ1n) is 8.66. The molecule has 3 rings (SSSR count). The predicted molar refractivity (Wildman–Crippen MR) is 96.2 cm³/mol. The van der Waals surface area contributed by atoms with E-state index in [2.05, 4.69) is 10.0 Å². The molecule has 0 bridgehead atoms. The number of carbonyl (C=O) groups is 1. The van der Waals surface area contributed by atoms with Crippen LogP contribution >= 0.6 is 0 Å². The van der Waals surface area contributed by atoms with Gasteiger partial charge in [0.15, 0.2) is 11.6 Å². The van der Waals surface area contributed by atoms with E-state index in [1.165, 1.54) is 0 Å². The van der Waals surface area contributed by atoms with E-state index in [1.54, 1.807) is 0 Å². The van der Waals surface area contributed by atoms with Crippen LogP contribution in [-0.2, 0) is 14.8 Å². The SMILES string of the molecule is O=C(CCNS(=O)(=O)c1ccc(F)c(F)c1)NC(c1ccccc1)C1CC1. The lowest BCUT2D eigenvalue weighted by atomic mass is 10.0. The van der Waals surface area contributed by atoms with E-state index in [4.69, 9.17) is 0 Å². The van der Waals surface area contributed by atoms with Crippen molar-refractivity contribution < 1.29 is 22.0 Å². The molecule has 0 spiro atoms. The summed E-state index contributed by atoms with van der Waals surface area (Å²) in [6.45, 7) is -0.140. The van der Waals surface area contributed by atoms with Crippen LogP contribution in [0.5, 0.6) is 0 Å². The number of nitrogens with one attached hydrogen (secondary N) is 2. The molecule has 0 aromatic heterocycles. The summed E-state index contributed by atoms with van der Waals surface area (Å²) in [6, 6.07) is 11.9. The Hall–Kier alpha value is -2.32. The Morgan fingerprint density at radius 3 is 2.41 bits per heavy atom. The van der Waals surface area contributed by atoms with Gasteiger partial charge in [-0.05, 0) is 42.5 Å². The van der Waals surface area contributed by atoms with Crippen molar-refractivity contribution in [1.82, 2.24) is 10.0 Å². The largest absolute Gasteiger partial charge is 0.349 e. The van der Waals surface area contributed by atoms with Crippen molar-refractivity contribution in [1.29, 1.82) is 0 Å². The van der Waals surface area contributed by atoms with Gasteiger partial charge in [-0.25, -0.2) is 21.9 Å². The summed E-state index contributed by atoms with van der Waals surface area (Å²) in [5.74, 6) is -2.25. The molecule has 2 aromatic rings. The highest BCUT2D eigenvalue weighted by molar-refractivity contribution is 7.89. The molecular weight excluding hydrogens is 374 g/mol. The fourth-order valence-electron chi connectivity index (χ4n) is 2.84. The number of carbonyl (C=O) groups excluding carboxylic acids is 1. The van der Waals surface area contributed by atoms with Gasteiger partial charge in [0.1, 0.15) is 0 Å². The Bertz CT molecular complexity index is 916. The first-order valence-corrected chi connectivity index (χ1v) is 10.1. The van der Waals surface area contributed by atoms with Gasteiger partial charge in [0.05, 0.1) is 10.9 Å². The lowest BCUT2D eigenvalue weighted by Crippen LogP contribution is -2.33. The number of amides is 1. The molecule has 1 saturated carbocycles. The van der Waals surface area contributed by atoms with Crippen molar-refractivity contribution in [2.75, 3.05) is 6.54 Å². The number of hydrogen-bond donors (Lipinski definition) is 2. The third-order valence-electron chi connectivity index (χ3n) is 4.41. The predicted octanol–water partition coefficient (Wildman–Crippen LogP) is 2.90. The van der Waals surface area contributed by atoms with Crippen LogP contribution in [0.25, 0.3) is 0 Å². The van der Waals surface area contributed by atoms with Crippen molar-refractivity contribution in [2.24, 2.45) is 5.92 Å². The van der Waals surface area contributed by atoms with Crippen molar-refractivity contribution in [2.45, 2.75) is 30.2 Å². The lowest BCUT2D eigenvalue weighted by molar-refractivity contribution is -0.121. The van der Waals surface area contributed by atoms with E-state index in [0.717, 1.165) is 30.5 Å². The van der Waals surface area contributed by atoms with Crippen LogP contribution in [0.2, 0.25) is 0 Å². The van der Waals surface area contributed by atoms with Gasteiger partial charge in [-0.2, -0.15) is 0 Å². The minimum Gasteiger partial charge on any atom is -0.349 e. The highest BCUT2D eigenvalue weighted by atomic mass is 32.2. The summed E-state index contributed by atoms with van der Waals surface area (Å²) in [5, 5.41) is 2.95. The van der Waals surface area contributed by atoms with Gasteiger partial charge in [0.2, 0.25) is 15.9 Å². The zero-order chi connectivity index (χ0) is 19.4. The molecule has 0 saturated heterocycles. The topological polar surface area (TPSA) is 75.3 Å². The minimum atomic E-state index is -4.02. The van der Waals surface area contributed by atoms with E-state index in [-0.39, 0.29) is 29.8 Å². The maximum atomic E-state index is 13.2. The molecule has 0 aliphatic heterocycles. The van der Waals surface area contributed by atoms with Crippen LogP contribution in [0.3, 0.4) is 0 Å². The average Bonchev–Trinajstić information content (AvgIpc) is 3.47. The quantitative estimate of drug-likeness (QED) is 0.723. The second-order valence-electron chi connectivity index (χ2n) is 6.52. The van der Waals surface area contributed by atoms with Gasteiger partial charge in [-0.15, -0.1) is 0 Å². The first-order chi connectivity index (χ1) is 12.9. The van der Waals surface area contributed by atoms with Gasteiger partial charge in [0.25, 0.3) is 0 Å². The molecule has 1 aliphatic carbocycles. The molecule has 2 N–H and O–H groups in total. The molecule has 144 valence electrons. The molecule has 1 unspecified atom stereocenters. The van der Waals surface area contributed by atoms with Crippen LogP contribution in [0.4, 0.5) is 8.78 Å². The van der Waals surface area contributed by atoms with E-state index in [1.807, 2.05) is 30.3 Å². The molecular formula is C19H20F2N2O3S. The Morgan fingerprint density at radius 1 is 1.07 bits per heavy atom. The zero-order valence-corrected chi connectivity index (χ0v) is 15.3. The van der Waals surface area contributed by atoms with Crippen LogP contribution < -0.4 is 10.0 Å². The monoisotopic (exact) mass is 394 g/mol. The van der Waals surface area contributed by atoms with Crippen LogP contribution in [0, 0.1) is 17.6 Å². The molecule has 5 nitrogen and oxygen atoms in total. The molecule has 27 heavy (non-hydrogen) atoms. The molecule has 8 heteroatoms. The summed E-state index contributed by atoms with van der Waals surface area (Å²) in [6.07, 6.45) is 2.03. The second-order valence-corrected chi connectivity index (χ2v) is 8.28. The zero-order valence-electron chi connectivity index (χ0n) is 14.5. The van der Waals surface area contributed by atoms with E-state index in [9.17, 15) is 22.0 Å². The Morgan fingerprint density at radius 2 is 1.78 bits per heavy atom. The molecule has 1 atom stereocenters. The summed E-state index contributed by atoms with van der Waals surface area (Å²) in [4.78, 5) is 11.8. The maximum absolute atomic E-state index is 13.2. The van der Waals surface area contributed by atoms with Crippen LogP contribution in [0.1, 0.15) is 30.9 Å². The number of hydrogen-bond acceptors (Lipinski definition) is 3. The second kappa shape index (κ2) is 8.14. The van der Waals surface area contributed by atoms with Crippen molar-refractivity contribution in [3.05, 3.63) is 65.7 Å². The Kier molecular flexibility index (Phi) is 5.86. The van der Waals surface area contributed by atoms with Crippen molar-refractivity contribution in [3.8, 4) is 0 Å². The summed E-state index contributed by atoms with van der Waals surface area (Å²) in [5.41, 5.74) is 1.02. The number of halogens is 2. The summed E-state index contributed by atoms with van der Waals surface area (Å²) < 4.78 is 52.6. The molecule has 2 aromatic carbocycles. The minimum absolute atomic E-state index is 0.0566. The van der Waals surface area contributed by atoms with Crippen LogP contribution in [-0.4, -0.2) is 20.9 Å². The highest BCUT2D eigenvalue weighted by Crippen LogP contribution is 2.40. The molecule has 0 radical (unpaired) electrons. The third kappa shape index (κ3) is 5.11. The normalized spacial score (nSPS) is 15.3. The van der Waals surface area contributed by atoms with Gasteiger partial charge in [-0.3, -0.25) is 4.79 Å². The molecule has 1 fully saturated rings. The Balaban J connectivity index is 1.55. The number of rotatable bonds is 8. The first kappa shape index (κ1) is 19.4. The smallest absolute Gasteiger partial charge is 0.240 e. The van der Waals surface area contributed by atoms with Gasteiger partial charge in [0, 0.05) is 13.0 Å². The standard InChI is InChI=1S/C19H20F2N2O3S/c20-16-9-8-15(12-17(16)21)27(25,26)22-11-10-18(24)23-19(14-6-7-14)13-4-2-1-3-5-13/h1-5,8-9,12,14,19,22H,6-7,10-11H2,(H,23,24). The van der Waals surface area contributed by atoms with Gasteiger partial charge >= 0.3 is 0 Å². The number of sulfonamides is 1. The van der Waals surface area contributed by atoms with E-state index in [0.29, 0.717) is 12.0 Å². The van der Waals surface area contributed by atoms with E-state index >= 15 is 0 Å². The van der Waals surface area contributed by atoms with Crippen molar-refractivity contribution >= 4 is 15.9 Å². The van der Waals surface area contributed by atoms with Crippen molar-refractivity contribution in [3.63, 3.8) is 0 Å². The fraction of sp³-hybridized carbons (Fsp3) is 0.316. The molecule has 1 aliphatic rings. The highest BCUT2D eigenvalue weighted by Gasteiger charge is 2.33. The van der Waals surface area contributed by atoms with E-state index < -0.39 is 21.7 Å². The number of benzene rings is 2. The average molecular weight is 394 g/mol.